The first-order valence-electron chi connectivity index (χ1n) is 9.38. The average molecular weight is 378 g/mol. The Kier molecular flexibility index (Phi) is 3.98. The van der Waals surface area contributed by atoms with Crippen molar-refractivity contribution in [1.82, 2.24) is 20.2 Å². The highest BCUT2D eigenvalue weighted by Gasteiger charge is 2.47. The third-order valence-corrected chi connectivity index (χ3v) is 5.82. The number of aromatic amines is 1. The lowest BCUT2D eigenvalue weighted by atomic mass is 9.89. The van der Waals surface area contributed by atoms with E-state index < -0.39 is 11.5 Å². The number of benzene rings is 2. The van der Waals surface area contributed by atoms with E-state index >= 15 is 0 Å². The maximum atomic E-state index is 13.9. The van der Waals surface area contributed by atoms with Crippen molar-refractivity contribution in [1.29, 1.82) is 0 Å². The molecule has 0 bridgehead atoms. The number of rotatable bonds is 2. The largest absolute Gasteiger partial charge is 0.329 e. The van der Waals surface area contributed by atoms with Crippen molar-refractivity contribution in [2.24, 2.45) is 11.8 Å². The van der Waals surface area contributed by atoms with Crippen molar-refractivity contribution < 1.29 is 9.18 Å². The van der Waals surface area contributed by atoms with E-state index in [1.807, 2.05) is 12.1 Å². The molecule has 0 saturated carbocycles. The summed E-state index contributed by atoms with van der Waals surface area (Å²) in [5, 5.41) is 3.36. The quantitative estimate of drug-likeness (QED) is 0.716. The third-order valence-electron chi connectivity index (χ3n) is 5.82. The minimum atomic E-state index is -0.503. The van der Waals surface area contributed by atoms with Crippen molar-refractivity contribution in [3.8, 4) is 0 Å². The molecule has 6 nitrogen and oxygen atoms in total. The van der Waals surface area contributed by atoms with Gasteiger partial charge in [-0.05, 0) is 35.7 Å². The first-order valence-corrected chi connectivity index (χ1v) is 9.38. The SMILES string of the molecule is O=C(c1nc2ccccc2[nH]c1=O)N1C[C@@H]2CNC[C@@H]2[C@@H]1c1cccc(F)c1. The van der Waals surface area contributed by atoms with Crippen LogP contribution in [0.2, 0.25) is 0 Å². The molecular formula is C21H19FN4O2. The van der Waals surface area contributed by atoms with Gasteiger partial charge in [-0.1, -0.05) is 24.3 Å². The predicted octanol–water partition coefficient (Wildman–Crippen LogP) is 2.09. The van der Waals surface area contributed by atoms with Gasteiger partial charge >= 0.3 is 0 Å². The topological polar surface area (TPSA) is 78.1 Å². The maximum absolute atomic E-state index is 13.9. The zero-order chi connectivity index (χ0) is 19.3. The average Bonchev–Trinajstić information content (AvgIpc) is 3.28. The number of carbonyl (C=O) groups excluding carboxylic acids is 1. The molecule has 0 radical (unpaired) electrons. The number of amides is 1. The second-order valence-corrected chi connectivity index (χ2v) is 7.47. The van der Waals surface area contributed by atoms with E-state index in [9.17, 15) is 14.0 Å². The fourth-order valence-electron chi connectivity index (χ4n) is 4.56. The Morgan fingerprint density at radius 3 is 2.86 bits per heavy atom. The van der Waals surface area contributed by atoms with E-state index in [1.165, 1.54) is 12.1 Å². The fourth-order valence-corrected chi connectivity index (χ4v) is 4.56. The number of nitrogens with zero attached hydrogens (tertiary/aromatic N) is 2. The Morgan fingerprint density at radius 1 is 1.14 bits per heavy atom. The molecule has 142 valence electrons. The zero-order valence-electron chi connectivity index (χ0n) is 15.1. The molecular weight excluding hydrogens is 359 g/mol. The fraction of sp³-hybridized carbons (Fsp3) is 0.286. The van der Waals surface area contributed by atoms with E-state index in [-0.39, 0.29) is 29.4 Å². The number of para-hydroxylation sites is 2. The van der Waals surface area contributed by atoms with Crippen LogP contribution in [0.3, 0.4) is 0 Å². The van der Waals surface area contributed by atoms with E-state index in [2.05, 4.69) is 15.3 Å². The third kappa shape index (κ3) is 2.70. The van der Waals surface area contributed by atoms with Crippen LogP contribution in [-0.4, -0.2) is 40.4 Å². The van der Waals surface area contributed by atoms with E-state index in [1.54, 1.807) is 29.2 Å². The van der Waals surface area contributed by atoms with Gasteiger partial charge in [0.15, 0.2) is 5.69 Å². The van der Waals surface area contributed by atoms with E-state index in [0.717, 1.165) is 18.7 Å². The molecule has 3 heterocycles. The summed E-state index contributed by atoms with van der Waals surface area (Å²) in [5.41, 5.74) is 1.29. The lowest BCUT2D eigenvalue weighted by Gasteiger charge is -2.28. The van der Waals surface area contributed by atoms with Crippen LogP contribution in [0.25, 0.3) is 11.0 Å². The smallest absolute Gasteiger partial charge is 0.280 e. The number of aromatic nitrogens is 2. The monoisotopic (exact) mass is 378 g/mol. The van der Waals surface area contributed by atoms with Gasteiger partial charge in [-0.15, -0.1) is 0 Å². The molecule has 3 aromatic rings. The van der Waals surface area contributed by atoms with Gasteiger partial charge in [0, 0.05) is 25.6 Å². The first kappa shape index (κ1) is 17.1. The number of H-pyrrole nitrogens is 1. The Balaban J connectivity index is 1.58. The number of nitrogens with one attached hydrogen (secondary N) is 2. The zero-order valence-corrected chi connectivity index (χ0v) is 15.1. The summed E-state index contributed by atoms with van der Waals surface area (Å²) in [4.78, 5) is 34.6. The van der Waals surface area contributed by atoms with Gasteiger partial charge in [-0.25, -0.2) is 9.37 Å². The molecule has 0 unspecified atom stereocenters. The second-order valence-electron chi connectivity index (χ2n) is 7.47. The standard InChI is InChI=1S/C21H19FN4O2/c22-14-5-3-4-12(8-14)19-15-10-23-9-13(15)11-26(19)21(28)18-20(27)25-17-7-2-1-6-16(17)24-18/h1-8,13,15,19,23H,9-11H2,(H,25,27)/t13-,15-,19-/m0/s1. The van der Waals surface area contributed by atoms with Gasteiger partial charge in [0.25, 0.3) is 11.5 Å². The number of hydrogen-bond acceptors (Lipinski definition) is 4. The summed E-state index contributed by atoms with van der Waals surface area (Å²) in [6, 6.07) is 13.2. The molecule has 2 aliphatic heterocycles. The van der Waals surface area contributed by atoms with Crippen molar-refractivity contribution in [3.63, 3.8) is 0 Å². The summed E-state index contributed by atoms with van der Waals surface area (Å²) in [7, 11) is 0. The molecule has 1 amide bonds. The molecule has 2 fully saturated rings. The van der Waals surface area contributed by atoms with Gasteiger partial charge in [0.2, 0.25) is 0 Å². The van der Waals surface area contributed by atoms with Crippen LogP contribution in [0.1, 0.15) is 22.1 Å². The van der Waals surface area contributed by atoms with Crippen LogP contribution in [0.5, 0.6) is 0 Å². The molecule has 1 aromatic heterocycles. The van der Waals surface area contributed by atoms with Crippen LogP contribution in [-0.2, 0) is 0 Å². The number of likely N-dealkylation sites (tertiary alicyclic amines) is 1. The molecule has 7 heteroatoms. The summed E-state index contributed by atoms with van der Waals surface area (Å²) in [6.45, 7) is 2.09. The molecule has 2 aliphatic rings. The normalized spacial score (nSPS) is 23.9. The molecule has 28 heavy (non-hydrogen) atoms. The van der Waals surface area contributed by atoms with Crippen molar-refractivity contribution in [3.05, 3.63) is 76.0 Å². The maximum Gasteiger partial charge on any atom is 0.280 e. The van der Waals surface area contributed by atoms with Crippen LogP contribution < -0.4 is 10.9 Å². The minimum Gasteiger partial charge on any atom is -0.329 e. The van der Waals surface area contributed by atoms with E-state index in [4.69, 9.17) is 0 Å². The van der Waals surface area contributed by atoms with Crippen molar-refractivity contribution in [2.75, 3.05) is 19.6 Å². The Morgan fingerprint density at radius 2 is 2.00 bits per heavy atom. The number of halogens is 1. The van der Waals surface area contributed by atoms with Gasteiger partial charge in [0.05, 0.1) is 17.1 Å². The summed E-state index contributed by atoms with van der Waals surface area (Å²) in [6.07, 6.45) is 0. The van der Waals surface area contributed by atoms with Gasteiger partial charge in [-0.3, -0.25) is 9.59 Å². The van der Waals surface area contributed by atoms with Crippen LogP contribution in [0.15, 0.2) is 53.3 Å². The van der Waals surface area contributed by atoms with Crippen molar-refractivity contribution in [2.45, 2.75) is 6.04 Å². The highest BCUT2D eigenvalue weighted by molar-refractivity contribution is 5.94. The van der Waals surface area contributed by atoms with Crippen molar-refractivity contribution >= 4 is 16.9 Å². The number of fused-ring (bicyclic) bond motifs is 2. The Labute approximate surface area is 160 Å². The summed E-state index contributed by atoms with van der Waals surface area (Å²) >= 11 is 0. The van der Waals surface area contributed by atoms with Crippen LogP contribution >= 0.6 is 0 Å². The highest BCUT2D eigenvalue weighted by Crippen LogP contribution is 2.43. The molecule has 5 rings (SSSR count). The van der Waals surface area contributed by atoms with E-state index in [0.29, 0.717) is 17.6 Å². The molecule has 2 aromatic carbocycles. The van der Waals surface area contributed by atoms with Gasteiger partial charge in [0.1, 0.15) is 5.82 Å². The highest BCUT2D eigenvalue weighted by atomic mass is 19.1. The molecule has 2 saturated heterocycles. The lowest BCUT2D eigenvalue weighted by Crippen LogP contribution is -2.38. The Bertz CT molecular complexity index is 1130. The molecule has 0 aliphatic carbocycles. The number of carbonyl (C=O) groups is 1. The van der Waals surface area contributed by atoms with Gasteiger partial charge < -0.3 is 15.2 Å². The molecule has 3 atom stereocenters. The summed E-state index contributed by atoms with van der Waals surface area (Å²) in [5.74, 6) is -0.279. The summed E-state index contributed by atoms with van der Waals surface area (Å²) < 4.78 is 13.9. The number of hydrogen-bond donors (Lipinski definition) is 2. The predicted molar refractivity (Wildman–Crippen MR) is 102 cm³/mol. The minimum absolute atomic E-state index is 0.118. The van der Waals surface area contributed by atoms with Crippen LogP contribution in [0, 0.1) is 17.7 Å². The van der Waals surface area contributed by atoms with Gasteiger partial charge in [-0.2, -0.15) is 0 Å². The van der Waals surface area contributed by atoms with Crippen LogP contribution in [0.4, 0.5) is 4.39 Å². The molecule has 2 N–H and O–H groups in total. The Hall–Kier alpha value is -3.06. The molecule has 0 spiro atoms. The second kappa shape index (κ2) is 6.53. The lowest BCUT2D eigenvalue weighted by molar-refractivity contribution is 0.0706. The first-order chi connectivity index (χ1) is 13.6.